The second kappa shape index (κ2) is 6.86. The third-order valence-corrected chi connectivity index (χ3v) is 3.89. The van der Waals surface area contributed by atoms with Crippen LogP contribution >= 0.6 is 0 Å². The molecule has 0 spiro atoms. The number of rotatable bonds is 5. The number of hydrogen-bond acceptors (Lipinski definition) is 4. The molecule has 1 saturated heterocycles. The summed E-state index contributed by atoms with van der Waals surface area (Å²) in [5, 5.41) is 0. The van der Waals surface area contributed by atoms with Crippen molar-refractivity contribution >= 4 is 5.97 Å². The highest BCUT2D eigenvalue weighted by molar-refractivity contribution is 5.77. The average Bonchev–Trinajstić information content (AvgIpc) is 2.87. The molecule has 0 N–H and O–H groups in total. The second-order valence-corrected chi connectivity index (χ2v) is 5.16. The number of likely N-dealkylation sites (N-methyl/N-ethyl adjacent to an activating group) is 1. The van der Waals surface area contributed by atoms with Gasteiger partial charge in [0.05, 0.1) is 12.7 Å². The van der Waals surface area contributed by atoms with Crippen LogP contribution in [-0.4, -0.2) is 43.3 Å². The Kier molecular flexibility index (Phi) is 5.15. The van der Waals surface area contributed by atoms with Crippen molar-refractivity contribution in [1.29, 1.82) is 0 Å². The van der Waals surface area contributed by atoms with E-state index in [4.69, 9.17) is 9.47 Å². The van der Waals surface area contributed by atoms with E-state index in [1.807, 2.05) is 44.3 Å². The number of esters is 1. The van der Waals surface area contributed by atoms with E-state index in [-0.39, 0.29) is 24.2 Å². The molecule has 0 aliphatic carbocycles. The summed E-state index contributed by atoms with van der Waals surface area (Å²) < 4.78 is 10.9. The summed E-state index contributed by atoms with van der Waals surface area (Å²) in [5.41, 5.74) is 0.965. The minimum Gasteiger partial charge on any atom is -0.465 e. The van der Waals surface area contributed by atoms with Gasteiger partial charge in [-0.25, -0.2) is 4.79 Å². The van der Waals surface area contributed by atoms with Crippen molar-refractivity contribution in [3.05, 3.63) is 35.9 Å². The van der Waals surface area contributed by atoms with Crippen molar-refractivity contribution in [3.63, 3.8) is 0 Å². The van der Waals surface area contributed by atoms with Crippen molar-refractivity contribution in [2.45, 2.75) is 38.5 Å². The van der Waals surface area contributed by atoms with Gasteiger partial charge in [0.15, 0.2) is 0 Å². The molecular weight excluding hydrogens is 254 g/mol. The van der Waals surface area contributed by atoms with Gasteiger partial charge in [0.25, 0.3) is 0 Å². The SMILES string of the molecule is CCOC(=O)C(c1ccccc1)N(C)C1CCOC1C. The van der Waals surface area contributed by atoms with E-state index >= 15 is 0 Å². The van der Waals surface area contributed by atoms with Gasteiger partial charge in [-0.3, -0.25) is 4.90 Å². The standard InChI is InChI=1S/C16H23NO3/c1-4-19-16(18)15(13-8-6-5-7-9-13)17(3)14-10-11-20-12(14)2/h5-9,12,14-15H,4,10-11H2,1-3H3. The maximum absolute atomic E-state index is 12.3. The zero-order valence-electron chi connectivity index (χ0n) is 12.4. The van der Waals surface area contributed by atoms with Gasteiger partial charge in [-0.2, -0.15) is 0 Å². The Bertz CT molecular complexity index is 435. The van der Waals surface area contributed by atoms with Crippen LogP contribution in [0.3, 0.4) is 0 Å². The highest BCUT2D eigenvalue weighted by atomic mass is 16.5. The summed E-state index contributed by atoms with van der Waals surface area (Å²) in [5.74, 6) is -0.194. The van der Waals surface area contributed by atoms with Crippen LogP contribution in [0, 0.1) is 0 Å². The van der Waals surface area contributed by atoms with E-state index in [2.05, 4.69) is 11.8 Å². The molecule has 0 radical (unpaired) electrons. The van der Waals surface area contributed by atoms with Crippen LogP contribution in [0.4, 0.5) is 0 Å². The molecule has 0 bridgehead atoms. The number of nitrogens with zero attached hydrogens (tertiary/aromatic N) is 1. The van der Waals surface area contributed by atoms with Crippen molar-refractivity contribution in [2.75, 3.05) is 20.3 Å². The smallest absolute Gasteiger partial charge is 0.328 e. The molecule has 2 rings (SSSR count). The fourth-order valence-corrected chi connectivity index (χ4v) is 2.84. The molecule has 4 nitrogen and oxygen atoms in total. The van der Waals surface area contributed by atoms with E-state index in [0.29, 0.717) is 6.61 Å². The Hall–Kier alpha value is -1.39. The molecule has 1 fully saturated rings. The third-order valence-electron chi connectivity index (χ3n) is 3.89. The highest BCUT2D eigenvalue weighted by Gasteiger charge is 2.36. The average molecular weight is 277 g/mol. The van der Waals surface area contributed by atoms with Crippen LogP contribution in [0.15, 0.2) is 30.3 Å². The van der Waals surface area contributed by atoms with Gasteiger partial charge in [-0.1, -0.05) is 30.3 Å². The quantitative estimate of drug-likeness (QED) is 0.775. The van der Waals surface area contributed by atoms with Crippen molar-refractivity contribution < 1.29 is 14.3 Å². The largest absolute Gasteiger partial charge is 0.465 e. The van der Waals surface area contributed by atoms with Crippen molar-refractivity contribution in [1.82, 2.24) is 4.90 Å². The fourth-order valence-electron chi connectivity index (χ4n) is 2.84. The van der Waals surface area contributed by atoms with E-state index in [1.54, 1.807) is 0 Å². The molecule has 1 heterocycles. The van der Waals surface area contributed by atoms with Crippen LogP contribution in [-0.2, 0) is 14.3 Å². The van der Waals surface area contributed by atoms with E-state index in [0.717, 1.165) is 18.6 Å². The molecule has 110 valence electrons. The Morgan fingerprint density at radius 2 is 2.15 bits per heavy atom. The summed E-state index contributed by atoms with van der Waals surface area (Å²) in [6.07, 6.45) is 1.08. The Balaban J connectivity index is 2.24. The maximum atomic E-state index is 12.3. The Morgan fingerprint density at radius 1 is 1.45 bits per heavy atom. The number of hydrogen-bond donors (Lipinski definition) is 0. The molecular formula is C16H23NO3. The molecule has 3 atom stereocenters. The molecule has 0 aromatic heterocycles. The second-order valence-electron chi connectivity index (χ2n) is 5.16. The van der Waals surface area contributed by atoms with Gasteiger partial charge in [-0.15, -0.1) is 0 Å². The molecule has 1 aliphatic rings. The maximum Gasteiger partial charge on any atom is 0.328 e. The zero-order valence-corrected chi connectivity index (χ0v) is 12.4. The van der Waals surface area contributed by atoms with Crippen LogP contribution in [0.5, 0.6) is 0 Å². The number of ether oxygens (including phenoxy) is 2. The topological polar surface area (TPSA) is 38.8 Å². The number of carbonyl (C=O) groups is 1. The van der Waals surface area contributed by atoms with E-state index in [1.165, 1.54) is 0 Å². The minimum absolute atomic E-state index is 0.139. The van der Waals surface area contributed by atoms with Crippen LogP contribution in [0.25, 0.3) is 0 Å². The molecule has 0 saturated carbocycles. The summed E-state index contributed by atoms with van der Waals surface area (Å²) in [7, 11) is 1.98. The molecule has 1 aliphatic heterocycles. The van der Waals surface area contributed by atoms with E-state index in [9.17, 15) is 4.79 Å². The Morgan fingerprint density at radius 3 is 2.70 bits per heavy atom. The lowest BCUT2D eigenvalue weighted by Crippen LogP contribution is -2.43. The lowest BCUT2D eigenvalue weighted by Gasteiger charge is -2.33. The third kappa shape index (κ3) is 3.19. The van der Waals surface area contributed by atoms with Gasteiger partial charge in [0.1, 0.15) is 6.04 Å². The predicted octanol–water partition coefficient (Wildman–Crippen LogP) is 2.40. The summed E-state index contributed by atoms with van der Waals surface area (Å²) in [6, 6.07) is 9.66. The van der Waals surface area contributed by atoms with Crippen LogP contribution in [0.1, 0.15) is 31.9 Å². The van der Waals surface area contributed by atoms with Gasteiger partial charge in [-0.05, 0) is 32.9 Å². The summed E-state index contributed by atoms with van der Waals surface area (Å²) in [4.78, 5) is 14.4. The van der Waals surface area contributed by atoms with Gasteiger partial charge in [0, 0.05) is 12.6 Å². The molecule has 1 aromatic carbocycles. The predicted molar refractivity (Wildman–Crippen MR) is 77.4 cm³/mol. The molecule has 20 heavy (non-hydrogen) atoms. The zero-order chi connectivity index (χ0) is 14.5. The first-order valence-electron chi connectivity index (χ1n) is 7.20. The molecule has 0 amide bonds. The fraction of sp³-hybridized carbons (Fsp3) is 0.562. The summed E-state index contributed by atoms with van der Waals surface area (Å²) in [6.45, 7) is 5.04. The number of benzene rings is 1. The lowest BCUT2D eigenvalue weighted by atomic mass is 10.0. The number of carbonyl (C=O) groups excluding carboxylic acids is 1. The first-order chi connectivity index (χ1) is 9.65. The Labute approximate surface area is 120 Å². The van der Waals surface area contributed by atoms with Gasteiger partial charge >= 0.3 is 5.97 Å². The minimum atomic E-state index is -0.370. The van der Waals surface area contributed by atoms with Crippen LogP contribution < -0.4 is 0 Å². The monoisotopic (exact) mass is 277 g/mol. The summed E-state index contributed by atoms with van der Waals surface area (Å²) >= 11 is 0. The normalized spacial score (nSPS) is 23.8. The van der Waals surface area contributed by atoms with Gasteiger partial charge < -0.3 is 9.47 Å². The van der Waals surface area contributed by atoms with Crippen molar-refractivity contribution in [3.8, 4) is 0 Å². The van der Waals surface area contributed by atoms with E-state index < -0.39 is 0 Å². The van der Waals surface area contributed by atoms with Crippen LogP contribution in [0.2, 0.25) is 0 Å². The first kappa shape index (κ1) is 15.0. The lowest BCUT2D eigenvalue weighted by molar-refractivity contribution is -0.150. The van der Waals surface area contributed by atoms with Crippen molar-refractivity contribution in [2.24, 2.45) is 0 Å². The first-order valence-corrected chi connectivity index (χ1v) is 7.20. The highest BCUT2D eigenvalue weighted by Crippen LogP contribution is 2.28. The van der Waals surface area contributed by atoms with Gasteiger partial charge in [0.2, 0.25) is 0 Å². The molecule has 3 unspecified atom stereocenters. The molecule has 4 heteroatoms. The molecule has 1 aromatic rings.